The van der Waals surface area contributed by atoms with Crippen LogP contribution in [0.25, 0.3) is 0 Å². The molecule has 0 unspecified atom stereocenters. The molecule has 3 rings (SSSR count). The Morgan fingerprint density at radius 1 is 1.17 bits per heavy atom. The maximum Gasteiger partial charge on any atom is 0.256 e. The first kappa shape index (κ1) is 16.0. The van der Waals surface area contributed by atoms with Crippen molar-refractivity contribution in [1.29, 1.82) is 0 Å². The normalized spacial score (nSPS) is 28.5. The molecule has 2 atom stereocenters. The summed E-state index contributed by atoms with van der Waals surface area (Å²) >= 11 is 0. The summed E-state index contributed by atoms with van der Waals surface area (Å²) in [5, 5.41) is 2.78. The standard InChI is InChI=1S/C19H26N2O2/c1-13(22)20-16-8-6-5-7-15(16)17(23)21-12-19(4)10-14(21)9-18(2,3)11-19/h5-8,14H,9-12H2,1-4H3,(H,20,22)/t14-,19-/m1/s1. The molecule has 2 amide bonds. The second-order valence-corrected chi connectivity index (χ2v) is 8.37. The van der Waals surface area contributed by atoms with Gasteiger partial charge in [0.15, 0.2) is 0 Å². The summed E-state index contributed by atoms with van der Waals surface area (Å²) in [5.41, 5.74) is 1.70. The van der Waals surface area contributed by atoms with Crippen LogP contribution in [0.2, 0.25) is 0 Å². The summed E-state index contributed by atoms with van der Waals surface area (Å²) in [6, 6.07) is 7.61. The number of nitrogens with one attached hydrogen (secondary N) is 1. The highest BCUT2D eigenvalue weighted by Gasteiger charge is 2.51. The number of rotatable bonds is 2. The Hall–Kier alpha value is -1.84. The molecule has 124 valence electrons. The largest absolute Gasteiger partial charge is 0.335 e. The summed E-state index contributed by atoms with van der Waals surface area (Å²) in [7, 11) is 0. The molecule has 1 aromatic carbocycles. The Kier molecular flexibility index (Phi) is 3.74. The smallest absolute Gasteiger partial charge is 0.256 e. The molecule has 0 spiro atoms. The zero-order chi connectivity index (χ0) is 16.8. The van der Waals surface area contributed by atoms with Crippen molar-refractivity contribution >= 4 is 17.5 Å². The van der Waals surface area contributed by atoms with Crippen LogP contribution in [-0.2, 0) is 4.79 Å². The van der Waals surface area contributed by atoms with Gasteiger partial charge in [-0.05, 0) is 42.2 Å². The van der Waals surface area contributed by atoms with E-state index in [1.807, 2.05) is 23.1 Å². The highest BCUT2D eigenvalue weighted by molar-refractivity contribution is 6.03. The molecule has 0 aromatic heterocycles. The van der Waals surface area contributed by atoms with Crippen LogP contribution in [0.4, 0.5) is 5.69 Å². The van der Waals surface area contributed by atoms with E-state index in [9.17, 15) is 9.59 Å². The number of anilines is 1. The number of likely N-dealkylation sites (tertiary alicyclic amines) is 1. The molecular weight excluding hydrogens is 288 g/mol. The highest BCUT2D eigenvalue weighted by atomic mass is 16.2. The Morgan fingerprint density at radius 3 is 2.57 bits per heavy atom. The molecule has 2 aliphatic rings. The van der Waals surface area contributed by atoms with Crippen molar-refractivity contribution in [3.05, 3.63) is 29.8 Å². The molecule has 1 saturated heterocycles. The molecule has 1 N–H and O–H groups in total. The zero-order valence-electron chi connectivity index (χ0n) is 14.5. The predicted octanol–water partition coefficient (Wildman–Crippen LogP) is 3.69. The van der Waals surface area contributed by atoms with Crippen molar-refractivity contribution in [1.82, 2.24) is 4.90 Å². The number of fused-ring (bicyclic) bond motifs is 2. The van der Waals surface area contributed by atoms with Gasteiger partial charge in [0.25, 0.3) is 5.91 Å². The van der Waals surface area contributed by atoms with Gasteiger partial charge in [0.2, 0.25) is 5.91 Å². The van der Waals surface area contributed by atoms with Gasteiger partial charge >= 0.3 is 0 Å². The monoisotopic (exact) mass is 314 g/mol. The van der Waals surface area contributed by atoms with E-state index in [2.05, 4.69) is 26.1 Å². The van der Waals surface area contributed by atoms with Gasteiger partial charge in [0.05, 0.1) is 11.3 Å². The van der Waals surface area contributed by atoms with Crippen molar-refractivity contribution in [2.24, 2.45) is 10.8 Å². The summed E-state index contributed by atoms with van der Waals surface area (Å²) in [4.78, 5) is 26.5. The molecule has 4 nitrogen and oxygen atoms in total. The van der Waals surface area contributed by atoms with Gasteiger partial charge in [-0.1, -0.05) is 32.9 Å². The Labute approximate surface area is 138 Å². The van der Waals surface area contributed by atoms with E-state index < -0.39 is 0 Å². The van der Waals surface area contributed by atoms with E-state index in [-0.39, 0.29) is 22.6 Å². The second kappa shape index (κ2) is 5.36. The number of para-hydroxylation sites is 1. The second-order valence-electron chi connectivity index (χ2n) is 8.37. The fraction of sp³-hybridized carbons (Fsp3) is 0.579. The number of hydrogen-bond donors (Lipinski definition) is 1. The van der Waals surface area contributed by atoms with Gasteiger partial charge in [-0.3, -0.25) is 9.59 Å². The third-order valence-electron chi connectivity index (χ3n) is 5.14. The van der Waals surface area contributed by atoms with Crippen LogP contribution in [0.5, 0.6) is 0 Å². The van der Waals surface area contributed by atoms with Gasteiger partial charge < -0.3 is 10.2 Å². The van der Waals surface area contributed by atoms with Crippen molar-refractivity contribution in [3.63, 3.8) is 0 Å². The zero-order valence-corrected chi connectivity index (χ0v) is 14.5. The minimum atomic E-state index is -0.154. The summed E-state index contributed by atoms with van der Waals surface area (Å²) in [6.07, 6.45) is 3.30. The quantitative estimate of drug-likeness (QED) is 0.905. The van der Waals surface area contributed by atoms with Crippen LogP contribution in [0.1, 0.15) is 57.3 Å². The maximum atomic E-state index is 13.1. The van der Waals surface area contributed by atoms with E-state index in [4.69, 9.17) is 0 Å². The lowest BCUT2D eigenvalue weighted by molar-refractivity contribution is -0.114. The van der Waals surface area contributed by atoms with Gasteiger partial charge in [-0.25, -0.2) is 0 Å². The maximum absolute atomic E-state index is 13.1. The molecule has 4 heteroatoms. The minimum absolute atomic E-state index is 0.0424. The van der Waals surface area contributed by atoms with E-state index in [0.717, 1.165) is 25.8 Å². The predicted molar refractivity (Wildman–Crippen MR) is 91.3 cm³/mol. The average Bonchev–Trinajstić information content (AvgIpc) is 2.67. The van der Waals surface area contributed by atoms with Crippen molar-refractivity contribution in [3.8, 4) is 0 Å². The summed E-state index contributed by atoms with van der Waals surface area (Å²) < 4.78 is 0. The third-order valence-corrected chi connectivity index (χ3v) is 5.14. The molecule has 1 heterocycles. The van der Waals surface area contributed by atoms with Crippen LogP contribution in [0, 0.1) is 10.8 Å². The SMILES string of the molecule is CC(=O)Nc1ccccc1C(=O)N1C[C@]2(C)C[C@H]1CC(C)(C)C2. The molecule has 1 saturated carbocycles. The Balaban J connectivity index is 1.89. The molecule has 2 fully saturated rings. The number of benzene rings is 1. The van der Waals surface area contributed by atoms with Crippen LogP contribution in [0.15, 0.2) is 24.3 Å². The first-order valence-electron chi connectivity index (χ1n) is 8.37. The van der Waals surface area contributed by atoms with Gasteiger partial charge in [0, 0.05) is 19.5 Å². The number of amides is 2. The number of hydrogen-bond acceptors (Lipinski definition) is 2. The Bertz CT molecular complexity index is 653. The first-order chi connectivity index (χ1) is 10.7. The molecule has 1 aliphatic carbocycles. The number of carbonyl (C=O) groups is 2. The van der Waals surface area contributed by atoms with Gasteiger partial charge in [0.1, 0.15) is 0 Å². The van der Waals surface area contributed by atoms with Crippen LogP contribution < -0.4 is 5.32 Å². The Morgan fingerprint density at radius 2 is 1.87 bits per heavy atom. The topological polar surface area (TPSA) is 49.4 Å². The van der Waals surface area contributed by atoms with E-state index >= 15 is 0 Å². The lowest BCUT2D eigenvalue weighted by Crippen LogP contribution is -2.38. The van der Waals surface area contributed by atoms with Crippen LogP contribution in [-0.4, -0.2) is 29.3 Å². The van der Waals surface area contributed by atoms with E-state index in [1.165, 1.54) is 6.92 Å². The number of carbonyl (C=O) groups excluding carboxylic acids is 2. The highest BCUT2D eigenvalue weighted by Crippen LogP contribution is 2.52. The van der Waals surface area contributed by atoms with E-state index in [1.54, 1.807) is 6.07 Å². The molecule has 23 heavy (non-hydrogen) atoms. The van der Waals surface area contributed by atoms with Crippen molar-refractivity contribution in [2.75, 3.05) is 11.9 Å². The van der Waals surface area contributed by atoms with Crippen molar-refractivity contribution < 1.29 is 9.59 Å². The lowest BCUT2D eigenvalue weighted by Gasteiger charge is -2.39. The summed E-state index contributed by atoms with van der Waals surface area (Å²) in [6.45, 7) is 9.18. The fourth-order valence-corrected chi connectivity index (χ4v) is 4.82. The number of nitrogens with zero attached hydrogens (tertiary/aromatic N) is 1. The molecule has 1 aliphatic heterocycles. The van der Waals surface area contributed by atoms with E-state index in [0.29, 0.717) is 17.3 Å². The summed E-state index contributed by atoms with van der Waals surface area (Å²) in [5.74, 6) is -0.112. The fourth-order valence-electron chi connectivity index (χ4n) is 4.82. The first-order valence-corrected chi connectivity index (χ1v) is 8.37. The lowest BCUT2D eigenvalue weighted by atomic mass is 9.65. The molecule has 1 aromatic rings. The van der Waals surface area contributed by atoms with Gasteiger partial charge in [-0.15, -0.1) is 0 Å². The molecular formula is C19H26N2O2. The molecule has 2 bridgehead atoms. The average molecular weight is 314 g/mol. The minimum Gasteiger partial charge on any atom is -0.335 e. The van der Waals surface area contributed by atoms with Crippen LogP contribution in [0.3, 0.4) is 0 Å². The molecule has 0 radical (unpaired) electrons. The van der Waals surface area contributed by atoms with Crippen molar-refractivity contribution in [2.45, 2.75) is 53.0 Å². The van der Waals surface area contributed by atoms with Gasteiger partial charge in [-0.2, -0.15) is 0 Å². The van der Waals surface area contributed by atoms with Crippen LogP contribution >= 0.6 is 0 Å². The third kappa shape index (κ3) is 3.12.